The van der Waals surface area contributed by atoms with Gasteiger partial charge in [0.15, 0.2) is 0 Å². The van der Waals surface area contributed by atoms with Gasteiger partial charge in [-0.2, -0.15) is 0 Å². The maximum absolute atomic E-state index is 12.8. The molecule has 0 saturated heterocycles. The lowest BCUT2D eigenvalue weighted by molar-refractivity contribution is 0.0642. The van der Waals surface area contributed by atoms with Crippen LogP contribution in [0.1, 0.15) is 43.6 Å². The monoisotopic (exact) mass is 457 g/mol. The van der Waals surface area contributed by atoms with Crippen LogP contribution in [0.15, 0.2) is 72.8 Å². The summed E-state index contributed by atoms with van der Waals surface area (Å²) in [4.78, 5) is 52.4. The first-order chi connectivity index (χ1) is 16.4. The summed E-state index contributed by atoms with van der Waals surface area (Å²) >= 11 is 0. The Bertz CT molecular complexity index is 1230. The number of carbonyl (C=O) groups excluding carboxylic acids is 4. The van der Waals surface area contributed by atoms with Gasteiger partial charge < -0.3 is 10.1 Å². The minimum absolute atomic E-state index is 0.0718. The van der Waals surface area contributed by atoms with Crippen molar-refractivity contribution in [3.05, 3.63) is 95.1 Å². The third-order valence-corrected chi connectivity index (χ3v) is 5.46. The number of fused-ring (bicyclic) bond motifs is 1. The van der Waals surface area contributed by atoms with Crippen LogP contribution in [0.3, 0.4) is 0 Å². The van der Waals surface area contributed by atoms with Crippen LogP contribution in [0.25, 0.3) is 0 Å². The van der Waals surface area contributed by atoms with E-state index in [0.29, 0.717) is 33.6 Å². The minimum Gasteiger partial charge on any atom is -0.449 e. The summed E-state index contributed by atoms with van der Waals surface area (Å²) in [5.41, 5.74) is 3.00. The molecular weight excluding hydrogens is 434 g/mol. The summed E-state index contributed by atoms with van der Waals surface area (Å²) in [6, 6.07) is 20.3. The molecule has 0 atom stereocenters. The van der Waals surface area contributed by atoms with Crippen LogP contribution < -0.4 is 10.2 Å². The molecule has 0 spiro atoms. The van der Waals surface area contributed by atoms with Crippen molar-refractivity contribution in [2.45, 2.75) is 13.5 Å². The van der Waals surface area contributed by atoms with E-state index in [-0.39, 0.29) is 30.9 Å². The Labute approximate surface area is 196 Å². The van der Waals surface area contributed by atoms with E-state index in [9.17, 15) is 19.2 Å². The van der Waals surface area contributed by atoms with Crippen molar-refractivity contribution in [1.82, 2.24) is 4.90 Å². The zero-order valence-electron chi connectivity index (χ0n) is 18.8. The van der Waals surface area contributed by atoms with Gasteiger partial charge in [-0.15, -0.1) is 0 Å². The number of benzene rings is 3. The van der Waals surface area contributed by atoms with Gasteiger partial charge >= 0.3 is 6.09 Å². The maximum atomic E-state index is 12.8. The van der Waals surface area contributed by atoms with Gasteiger partial charge in [-0.25, -0.2) is 4.79 Å². The van der Waals surface area contributed by atoms with E-state index >= 15 is 0 Å². The minimum atomic E-state index is -0.464. The van der Waals surface area contributed by atoms with Crippen molar-refractivity contribution in [3.63, 3.8) is 0 Å². The lowest BCUT2D eigenvalue weighted by Gasteiger charge is -2.17. The Balaban J connectivity index is 1.43. The standard InChI is InChI=1S/C26H23N3O5/c1-3-34-26(33)28(2)20-13-11-19(12-14-20)27-23(30)18-8-6-7-17(15-18)16-29-24(31)21-9-4-5-10-22(21)25(29)32/h4-15H,3,16H2,1-2H3,(H,27,30). The van der Waals surface area contributed by atoms with Gasteiger partial charge in [-0.05, 0) is 61.0 Å². The number of ether oxygens (including phenoxy) is 1. The second kappa shape index (κ2) is 9.58. The normalized spacial score (nSPS) is 12.4. The number of imide groups is 1. The van der Waals surface area contributed by atoms with Crippen molar-refractivity contribution >= 4 is 35.2 Å². The van der Waals surface area contributed by atoms with E-state index in [1.165, 1.54) is 9.80 Å². The fraction of sp³-hybridized carbons (Fsp3) is 0.154. The molecule has 0 fully saturated rings. The van der Waals surface area contributed by atoms with Crippen LogP contribution in [-0.2, 0) is 11.3 Å². The Kier molecular flexibility index (Phi) is 6.40. The molecular formula is C26H23N3O5. The number of carbonyl (C=O) groups is 4. The summed E-state index contributed by atoms with van der Waals surface area (Å²) in [7, 11) is 1.60. The summed E-state index contributed by atoms with van der Waals surface area (Å²) in [6.45, 7) is 2.09. The van der Waals surface area contributed by atoms with Gasteiger partial charge in [-0.1, -0.05) is 24.3 Å². The van der Waals surface area contributed by atoms with E-state index in [2.05, 4.69) is 5.32 Å². The van der Waals surface area contributed by atoms with E-state index in [0.717, 1.165) is 0 Å². The number of anilines is 2. The molecule has 1 heterocycles. The molecule has 0 aliphatic carbocycles. The van der Waals surface area contributed by atoms with Gasteiger partial charge in [0.2, 0.25) is 0 Å². The largest absolute Gasteiger partial charge is 0.449 e. The molecule has 4 rings (SSSR count). The van der Waals surface area contributed by atoms with E-state index in [1.807, 2.05) is 0 Å². The summed E-state index contributed by atoms with van der Waals surface area (Å²) in [5.74, 6) is -1.03. The quantitative estimate of drug-likeness (QED) is 0.556. The highest BCUT2D eigenvalue weighted by Gasteiger charge is 2.35. The Hall–Kier alpha value is -4.46. The van der Waals surface area contributed by atoms with Crippen molar-refractivity contribution < 1.29 is 23.9 Å². The molecule has 3 aromatic rings. The predicted molar refractivity (Wildman–Crippen MR) is 127 cm³/mol. The zero-order valence-corrected chi connectivity index (χ0v) is 18.8. The van der Waals surface area contributed by atoms with Gasteiger partial charge in [-0.3, -0.25) is 24.2 Å². The highest BCUT2D eigenvalue weighted by Crippen LogP contribution is 2.25. The number of rotatable bonds is 6. The molecule has 1 aliphatic heterocycles. The molecule has 0 bridgehead atoms. The van der Waals surface area contributed by atoms with Crippen LogP contribution in [-0.4, -0.2) is 42.4 Å². The molecule has 34 heavy (non-hydrogen) atoms. The second-order valence-corrected chi connectivity index (χ2v) is 7.70. The molecule has 1 N–H and O–H groups in total. The number of amides is 4. The molecule has 0 unspecified atom stereocenters. The highest BCUT2D eigenvalue weighted by atomic mass is 16.6. The Morgan fingerprint density at radius 3 is 2.18 bits per heavy atom. The predicted octanol–water partition coefficient (Wildman–Crippen LogP) is 4.33. The third kappa shape index (κ3) is 4.52. The van der Waals surface area contributed by atoms with Crippen LogP contribution in [0.2, 0.25) is 0 Å². The Morgan fingerprint density at radius 2 is 1.56 bits per heavy atom. The molecule has 1 aliphatic rings. The molecule has 3 aromatic carbocycles. The molecule has 172 valence electrons. The van der Waals surface area contributed by atoms with Crippen LogP contribution >= 0.6 is 0 Å². The lowest BCUT2D eigenvalue weighted by atomic mass is 10.1. The maximum Gasteiger partial charge on any atom is 0.413 e. The molecule has 8 heteroatoms. The average Bonchev–Trinajstić information content (AvgIpc) is 3.09. The summed E-state index contributed by atoms with van der Waals surface area (Å²) < 4.78 is 4.97. The zero-order chi connectivity index (χ0) is 24.2. The van der Waals surface area contributed by atoms with Gasteiger partial charge in [0.1, 0.15) is 0 Å². The average molecular weight is 457 g/mol. The van der Waals surface area contributed by atoms with Gasteiger partial charge in [0.05, 0.1) is 24.3 Å². The number of hydrogen-bond acceptors (Lipinski definition) is 5. The smallest absolute Gasteiger partial charge is 0.413 e. The third-order valence-electron chi connectivity index (χ3n) is 5.46. The fourth-order valence-electron chi connectivity index (χ4n) is 3.67. The number of nitrogens with zero attached hydrogens (tertiary/aromatic N) is 2. The van der Waals surface area contributed by atoms with Crippen LogP contribution in [0, 0.1) is 0 Å². The summed E-state index contributed by atoms with van der Waals surface area (Å²) in [6.07, 6.45) is -0.464. The molecule has 0 aromatic heterocycles. The second-order valence-electron chi connectivity index (χ2n) is 7.70. The number of hydrogen-bond donors (Lipinski definition) is 1. The van der Waals surface area contributed by atoms with E-state index in [4.69, 9.17) is 4.74 Å². The highest BCUT2D eigenvalue weighted by molar-refractivity contribution is 6.21. The molecule has 0 saturated carbocycles. The van der Waals surface area contributed by atoms with Gasteiger partial charge in [0, 0.05) is 24.0 Å². The molecule has 0 radical (unpaired) electrons. The van der Waals surface area contributed by atoms with Crippen molar-refractivity contribution in [3.8, 4) is 0 Å². The first kappa shape index (κ1) is 22.7. The first-order valence-corrected chi connectivity index (χ1v) is 10.7. The lowest BCUT2D eigenvalue weighted by Crippen LogP contribution is -2.29. The van der Waals surface area contributed by atoms with Crippen LogP contribution in [0.4, 0.5) is 16.2 Å². The SMILES string of the molecule is CCOC(=O)N(C)c1ccc(NC(=O)c2cccc(CN3C(=O)c4ccccc4C3=O)c2)cc1. The molecule has 8 nitrogen and oxygen atoms in total. The first-order valence-electron chi connectivity index (χ1n) is 10.7. The fourth-order valence-corrected chi connectivity index (χ4v) is 3.67. The van der Waals surface area contributed by atoms with Crippen molar-refractivity contribution in [2.75, 3.05) is 23.9 Å². The van der Waals surface area contributed by atoms with Gasteiger partial charge in [0.25, 0.3) is 17.7 Å². The number of nitrogens with one attached hydrogen (secondary N) is 1. The van der Waals surface area contributed by atoms with Crippen molar-refractivity contribution in [2.24, 2.45) is 0 Å². The topological polar surface area (TPSA) is 96.0 Å². The van der Waals surface area contributed by atoms with Crippen molar-refractivity contribution in [1.29, 1.82) is 0 Å². The van der Waals surface area contributed by atoms with Crippen LogP contribution in [0.5, 0.6) is 0 Å². The summed E-state index contributed by atoms with van der Waals surface area (Å²) in [5, 5.41) is 2.81. The molecule has 4 amide bonds. The Morgan fingerprint density at radius 1 is 0.912 bits per heavy atom. The van der Waals surface area contributed by atoms with E-state index < -0.39 is 6.09 Å². The van der Waals surface area contributed by atoms with E-state index in [1.54, 1.807) is 86.8 Å².